The van der Waals surface area contributed by atoms with Gasteiger partial charge in [-0.15, -0.1) is 0 Å². The van der Waals surface area contributed by atoms with Gasteiger partial charge in [-0.3, -0.25) is 9.69 Å². The summed E-state index contributed by atoms with van der Waals surface area (Å²) in [4.78, 5) is 13.3. The molecule has 1 saturated heterocycles. The first-order valence-electron chi connectivity index (χ1n) is 4.32. The van der Waals surface area contributed by atoms with Crippen molar-refractivity contribution < 1.29 is 4.79 Å². The lowest BCUT2D eigenvalue weighted by Gasteiger charge is -2.29. The maximum absolute atomic E-state index is 11.0. The van der Waals surface area contributed by atoms with Crippen molar-refractivity contribution in [3.05, 3.63) is 11.6 Å². The minimum Gasteiger partial charge on any atom is -0.296 e. The molecule has 66 valence electrons. The number of carbonyl (C=O) groups is 1. The Bertz CT molecular complexity index is 249. The molecule has 0 N–H and O–H groups in total. The van der Waals surface area contributed by atoms with Gasteiger partial charge in [0.2, 0.25) is 5.24 Å². The van der Waals surface area contributed by atoms with E-state index in [1.54, 1.807) is 0 Å². The summed E-state index contributed by atoms with van der Waals surface area (Å²) in [6.07, 6.45) is 5.29. The average molecular weight is 186 g/mol. The summed E-state index contributed by atoms with van der Waals surface area (Å²) in [7, 11) is 2.08. The molecule has 0 radical (unpaired) electrons. The Hall–Kier alpha value is -0.340. The van der Waals surface area contributed by atoms with E-state index in [1.807, 2.05) is 6.08 Å². The molecule has 3 heteroatoms. The van der Waals surface area contributed by atoms with Crippen LogP contribution in [0.4, 0.5) is 0 Å². The highest BCUT2D eigenvalue weighted by Crippen LogP contribution is 2.34. The van der Waals surface area contributed by atoms with Crippen LogP contribution in [0.1, 0.15) is 19.3 Å². The molecule has 2 nitrogen and oxygen atoms in total. The first-order valence-corrected chi connectivity index (χ1v) is 4.70. The van der Waals surface area contributed by atoms with Gasteiger partial charge in [0.05, 0.1) is 0 Å². The van der Waals surface area contributed by atoms with Crippen molar-refractivity contribution in [2.75, 3.05) is 7.05 Å². The van der Waals surface area contributed by atoms with Gasteiger partial charge in [-0.05, 0) is 37.9 Å². The summed E-state index contributed by atoms with van der Waals surface area (Å²) in [5.41, 5.74) is 0.813. The van der Waals surface area contributed by atoms with Crippen LogP contribution in [0.25, 0.3) is 0 Å². The molecule has 2 rings (SSSR count). The molecule has 1 fully saturated rings. The van der Waals surface area contributed by atoms with Crippen LogP contribution in [0.5, 0.6) is 0 Å². The number of hydrogen-bond acceptors (Lipinski definition) is 2. The van der Waals surface area contributed by atoms with E-state index in [1.165, 1.54) is 6.42 Å². The summed E-state index contributed by atoms with van der Waals surface area (Å²) in [5.74, 6) is 0. The molecule has 2 heterocycles. The molecule has 2 aliphatic rings. The Labute approximate surface area is 77.2 Å². The minimum atomic E-state index is -0.271. The van der Waals surface area contributed by atoms with Crippen LogP contribution in [0.3, 0.4) is 0 Å². The third-order valence-corrected chi connectivity index (χ3v) is 3.25. The van der Waals surface area contributed by atoms with E-state index in [0.717, 1.165) is 18.4 Å². The summed E-state index contributed by atoms with van der Waals surface area (Å²) in [6.45, 7) is 0. The number of carbonyl (C=O) groups excluding carboxylic acids is 1. The zero-order chi connectivity index (χ0) is 8.72. The zero-order valence-electron chi connectivity index (χ0n) is 7.09. The summed E-state index contributed by atoms with van der Waals surface area (Å²) >= 11 is 5.48. The van der Waals surface area contributed by atoms with Crippen molar-refractivity contribution in [3.8, 4) is 0 Å². The molecular weight excluding hydrogens is 174 g/mol. The van der Waals surface area contributed by atoms with Gasteiger partial charge in [0, 0.05) is 17.7 Å². The largest absolute Gasteiger partial charge is 0.296 e. The first kappa shape index (κ1) is 8.27. The summed E-state index contributed by atoms with van der Waals surface area (Å²) in [5, 5.41) is -0.271. The first-order chi connectivity index (χ1) is 5.70. The number of nitrogens with zero attached hydrogens (tertiary/aromatic N) is 1. The van der Waals surface area contributed by atoms with Gasteiger partial charge in [-0.1, -0.05) is 6.08 Å². The lowest BCUT2D eigenvalue weighted by atomic mass is 10.0. The van der Waals surface area contributed by atoms with E-state index < -0.39 is 0 Å². The fourth-order valence-electron chi connectivity index (χ4n) is 2.28. The fraction of sp³-hybridized carbons (Fsp3) is 0.667. The van der Waals surface area contributed by atoms with Gasteiger partial charge < -0.3 is 0 Å². The molecule has 2 aliphatic heterocycles. The molecule has 0 aromatic heterocycles. The van der Waals surface area contributed by atoms with Gasteiger partial charge in [0.1, 0.15) is 0 Å². The lowest BCUT2D eigenvalue weighted by molar-refractivity contribution is -0.109. The van der Waals surface area contributed by atoms with Crippen LogP contribution in [-0.4, -0.2) is 29.3 Å². The van der Waals surface area contributed by atoms with Crippen LogP contribution in [0.2, 0.25) is 0 Å². The van der Waals surface area contributed by atoms with Crippen LogP contribution >= 0.6 is 11.6 Å². The number of hydrogen-bond donors (Lipinski definition) is 0. The summed E-state index contributed by atoms with van der Waals surface area (Å²) < 4.78 is 0. The second-order valence-corrected chi connectivity index (χ2v) is 3.92. The zero-order valence-corrected chi connectivity index (χ0v) is 7.84. The average Bonchev–Trinajstić information content (AvgIpc) is 2.32. The fourth-order valence-corrected chi connectivity index (χ4v) is 2.48. The van der Waals surface area contributed by atoms with Gasteiger partial charge >= 0.3 is 0 Å². The smallest absolute Gasteiger partial charge is 0.249 e. The Morgan fingerprint density at radius 1 is 1.67 bits per heavy atom. The predicted molar refractivity (Wildman–Crippen MR) is 48.1 cm³/mol. The van der Waals surface area contributed by atoms with E-state index in [-0.39, 0.29) is 5.24 Å². The van der Waals surface area contributed by atoms with Gasteiger partial charge in [0.15, 0.2) is 0 Å². The van der Waals surface area contributed by atoms with Gasteiger partial charge in [0.25, 0.3) is 0 Å². The number of halogens is 1. The normalized spacial score (nSPS) is 35.0. The van der Waals surface area contributed by atoms with Crippen LogP contribution in [-0.2, 0) is 4.79 Å². The topological polar surface area (TPSA) is 20.3 Å². The van der Waals surface area contributed by atoms with Crippen molar-refractivity contribution in [1.29, 1.82) is 0 Å². The third kappa shape index (κ3) is 1.10. The molecular formula is C9H12ClNO. The molecule has 0 amide bonds. The Morgan fingerprint density at radius 2 is 2.42 bits per heavy atom. The van der Waals surface area contributed by atoms with Crippen molar-refractivity contribution in [3.63, 3.8) is 0 Å². The Balaban J connectivity index is 2.27. The second-order valence-electron chi connectivity index (χ2n) is 3.58. The Kier molecular flexibility index (Phi) is 1.97. The van der Waals surface area contributed by atoms with Crippen molar-refractivity contribution in [1.82, 2.24) is 4.90 Å². The van der Waals surface area contributed by atoms with E-state index in [2.05, 4.69) is 11.9 Å². The molecule has 1 unspecified atom stereocenters. The molecule has 2 bridgehead atoms. The van der Waals surface area contributed by atoms with Gasteiger partial charge in [-0.2, -0.15) is 0 Å². The predicted octanol–water partition coefficient (Wildman–Crippen LogP) is 1.54. The molecule has 0 aromatic carbocycles. The minimum absolute atomic E-state index is 0.271. The number of rotatable bonds is 1. The third-order valence-electron chi connectivity index (χ3n) is 3.04. The van der Waals surface area contributed by atoms with E-state index in [0.29, 0.717) is 12.1 Å². The molecule has 0 aliphatic carbocycles. The SMILES string of the molecule is CN1C2CC[C@@H]1CC=C2C(=O)Cl. The van der Waals surface area contributed by atoms with Gasteiger partial charge in [-0.25, -0.2) is 0 Å². The highest BCUT2D eigenvalue weighted by atomic mass is 35.5. The van der Waals surface area contributed by atoms with E-state index in [4.69, 9.17) is 11.6 Å². The number of likely N-dealkylation sites (N-methyl/N-ethyl adjacent to an activating group) is 1. The molecule has 0 saturated carbocycles. The summed E-state index contributed by atoms with van der Waals surface area (Å²) in [6, 6.07) is 0.948. The lowest BCUT2D eigenvalue weighted by Crippen LogP contribution is -2.37. The van der Waals surface area contributed by atoms with Crippen molar-refractivity contribution >= 4 is 16.8 Å². The van der Waals surface area contributed by atoms with Crippen molar-refractivity contribution in [2.24, 2.45) is 0 Å². The highest BCUT2D eigenvalue weighted by Gasteiger charge is 2.37. The maximum atomic E-state index is 11.0. The highest BCUT2D eigenvalue weighted by molar-refractivity contribution is 6.67. The number of fused-ring (bicyclic) bond motifs is 2. The van der Waals surface area contributed by atoms with Crippen molar-refractivity contribution in [2.45, 2.75) is 31.3 Å². The van der Waals surface area contributed by atoms with Crippen LogP contribution in [0, 0.1) is 0 Å². The monoisotopic (exact) mass is 185 g/mol. The van der Waals surface area contributed by atoms with Crippen LogP contribution in [0.15, 0.2) is 11.6 Å². The maximum Gasteiger partial charge on any atom is 0.249 e. The molecule has 0 aromatic rings. The van der Waals surface area contributed by atoms with Crippen LogP contribution < -0.4 is 0 Å². The Morgan fingerprint density at radius 3 is 3.08 bits per heavy atom. The van der Waals surface area contributed by atoms with E-state index in [9.17, 15) is 4.79 Å². The second kappa shape index (κ2) is 2.86. The standard InChI is InChI=1S/C9H12ClNO/c1-11-6-2-4-7(9(10)12)8(11)5-3-6/h4,6,8H,2-3,5H2,1H3/t6-,8?/m0/s1. The molecule has 12 heavy (non-hydrogen) atoms. The quantitative estimate of drug-likeness (QED) is 0.578. The molecule has 2 atom stereocenters. The molecule has 0 spiro atoms. The van der Waals surface area contributed by atoms with E-state index >= 15 is 0 Å².